The number of hydrogen-bond acceptors (Lipinski definition) is 4. The molecule has 0 aliphatic carbocycles. The summed E-state index contributed by atoms with van der Waals surface area (Å²) in [6.07, 6.45) is 0. The van der Waals surface area contributed by atoms with Crippen molar-refractivity contribution in [3.8, 4) is 0 Å². The molecule has 1 heterocycles. The molecule has 0 bridgehead atoms. The van der Waals surface area contributed by atoms with Crippen LogP contribution in [0, 0.1) is 0 Å². The molecule has 1 fully saturated rings. The van der Waals surface area contributed by atoms with Crippen LogP contribution < -0.4 is 4.90 Å². The number of rotatable bonds is 4. The van der Waals surface area contributed by atoms with Crippen LogP contribution in [0.5, 0.6) is 0 Å². The van der Waals surface area contributed by atoms with Crippen molar-refractivity contribution < 1.29 is 13.2 Å². The van der Waals surface area contributed by atoms with E-state index in [0.717, 1.165) is 21.8 Å². The smallest absolute Gasteiger partial charge is 0.272 e. The Morgan fingerprint density at radius 2 is 1.45 bits per heavy atom. The number of para-hydroxylation sites is 1. The summed E-state index contributed by atoms with van der Waals surface area (Å²) in [6, 6.07) is 24.5. The Kier molecular flexibility index (Phi) is 5.58. The van der Waals surface area contributed by atoms with Gasteiger partial charge in [0.1, 0.15) is 5.25 Å². The van der Waals surface area contributed by atoms with Gasteiger partial charge in [0.05, 0.1) is 10.6 Å². The second-order valence-electron chi connectivity index (χ2n) is 6.22. The topological polar surface area (TPSA) is 66.8 Å². The third kappa shape index (κ3) is 4.14. The molecule has 29 heavy (non-hydrogen) atoms. The first-order chi connectivity index (χ1) is 14.0. The number of sulfonamides is 1. The molecule has 1 aliphatic heterocycles. The molecule has 3 aromatic carbocycles. The summed E-state index contributed by atoms with van der Waals surface area (Å²) >= 11 is 4.43. The molecule has 4 rings (SSSR count). The Balaban J connectivity index is 1.79. The molecule has 1 amide bonds. The third-order valence-electron chi connectivity index (χ3n) is 4.29. The highest BCUT2D eigenvalue weighted by Gasteiger charge is 2.41. The van der Waals surface area contributed by atoms with Crippen LogP contribution in [0.15, 0.2) is 98.7 Å². The van der Waals surface area contributed by atoms with Crippen LogP contribution in [0.2, 0.25) is 0 Å². The minimum Gasteiger partial charge on any atom is -0.272 e. The van der Waals surface area contributed by atoms with E-state index in [1.165, 1.54) is 17.0 Å². The molecule has 0 unspecified atom stereocenters. The van der Waals surface area contributed by atoms with E-state index < -0.39 is 15.3 Å². The average molecular weight is 487 g/mol. The summed E-state index contributed by atoms with van der Waals surface area (Å²) in [5, 5.41) is -0.423. The largest absolute Gasteiger partial charge is 0.284 e. The first-order valence-electron chi connectivity index (χ1n) is 8.67. The summed E-state index contributed by atoms with van der Waals surface area (Å²) in [5.41, 5.74) is 1.38. The van der Waals surface area contributed by atoms with Gasteiger partial charge in [0.25, 0.3) is 15.9 Å². The van der Waals surface area contributed by atoms with Crippen molar-refractivity contribution in [1.29, 1.82) is 0 Å². The fourth-order valence-corrected chi connectivity index (χ4v) is 5.51. The lowest BCUT2D eigenvalue weighted by Gasteiger charge is -2.16. The molecular weight excluding hydrogens is 472 g/mol. The molecule has 0 aromatic heterocycles. The van der Waals surface area contributed by atoms with Crippen LogP contribution in [0.3, 0.4) is 0 Å². The van der Waals surface area contributed by atoms with Gasteiger partial charge in [-0.25, -0.2) is 0 Å². The fraction of sp³-hybridized carbons (Fsp3) is 0.0476. The van der Waals surface area contributed by atoms with E-state index in [1.807, 2.05) is 36.4 Å². The van der Waals surface area contributed by atoms with E-state index >= 15 is 0 Å². The van der Waals surface area contributed by atoms with Gasteiger partial charge in [-0.1, -0.05) is 76.2 Å². The van der Waals surface area contributed by atoms with Gasteiger partial charge in [-0.3, -0.25) is 9.69 Å². The Morgan fingerprint density at radius 3 is 2.07 bits per heavy atom. The maximum Gasteiger partial charge on any atom is 0.284 e. The predicted molar refractivity (Wildman–Crippen MR) is 119 cm³/mol. The minimum absolute atomic E-state index is 0.0671. The van der Waals surface area contributed by atoms with Gasteiger partial charge in [-0.2, -0.15) is 8.42 Å². The van der Waals surface area contributed by atoms with E-state index in [2.05, 4.69) is 20.3 Å². The van der Waals surface area contributed by atoms with E-state index in [1.54, 1.807) is 36.4 Å². The minimum atomic E-state index is -3.98. The Labute approximate surface area is 181 Å². The van der Waals surface area contributed by atoms with Gasteiger partial charge in [0, 0.05) is 4.47 Å². The number of amides is 1. The Bertz CT molecular complexity index is 1170. The summed E-state index contributed by atoms with van der Waals surface area (Å²) in [4.78, 5) is 14.6. The highest BCUT2D eigenvalue weighted by molar-refractivity contribution is 9.10. The normalized spacial score (nSPS) is 18.4. The number of carbonyl (C=O) groups is 1. The summed E-state index contributed by atoms with van der Waals surface area (Å²) in [5.74, 6) is -0.225. The number of nitrogens with zero attached hydrogens (tertiary/aromatic N) is 2. The number of carbonyl (C=O) groups excluding carboxylic acids is 1. The first kappa shape index (κ1) is 19.9. The number of amidine groups is 1. The van der Waals surface area contributed by atoms with E-state index in [4.69, 9.17) is 0 Å². The number of halogens is 1. The molecule has 0 radical (unpaired) electrons. The van der Waals surface area contributed by atoms with Crippen LogP contribution in [0.4, 0.5) is 5.69 Å². The van der Waals surface area contributed by atoms with Crippen molar-refractivity contribution in [1.82, 2.24) is 0 Å². The number of hydrogen-bond donors (Lipinski definition) is 0. The Morgan fingerprint density at radius 1 is 0.862 bits per heavy atom. The van der Waals surface area contributed by atoms with Crippen molar-refractivity contribution in [3.63, 3.8) is 0 Å². The highest BCUT2D eigenvalue weighted by Crippen LogP contribution is 2.42. The number of thioether (sulfide) groups is 1. The maximum absolute atomic E-state index is 13.2. The van der Waals surface area contributed by atoms with Crippen molar-refractivity contribution in [2.24, 2.45) is 4.40 Å². The van der Waals surface area contributed by atoms with Crippen molar-refractivity contribution >= 4 is 54.5 Å². The van der Waals surface area contributed by atoms with E-state index in [9.17, 15) is 13.2 Å². The molecule has 1 atom stereocenters. The molecule has 0 spiro atoms. The third-order valence-corrected chi connectivity index (χ3v) is 7.41. The SMILES string of the molecule is O=C1[C@@H](c2ccccc2)SC(=NS(=O)(=O)c2ccc(Br)cc2)N1c1ccccc1. The molecule has 5 nitrogen and oxygen atoms in total. The van der Waals surface area contributed by atoms with Gasteiger partial charge < -0.3 is 0 Å². The van der Waals surface area contributed by atoms with Gasteiger partial charge >= 0.3 is 0 Å². The van der Waals surface area contributed by atoms with Crippen molar-refractivity contribution in [3.05, 3.63) is 95.0 Å². The quantitative estimate of drug-likeness (QED) is 0.519. The molecule has 8 heteroatoms. The molecule has 146 valence electrons. The van der Waals surface area contributed by atoms with Crippen LogP contribution >= 0.6 is 27.7 Å². The van der Waals surface area contributed by atoms with E-state index in [-0.39, 0.29) is 16.0 Å². The molecule has 0 N–H and O–H groups in total. The summed E-state index contributed by atoms with van der Waals surface area (Å²) in [7, 11) is -3.98. The van der Waals surface area contributed by atoms with Gasteiger partial charge in [0.2, 0.25) is 0 Å². The molecule has 3 aromatic rings. The second-order valence-corrected chi connectivity index (χ2v) is 9.81. The lowest BCUT2D eigenvalue weighted by molar-refractivity contribution is -0.117. The monoisotopic (exact) mass is 486 g/mol. The molecule has 1 saturated heterocycles. The van der Waals surface area contributed by atoms with Gasteiger partial charge in [-0.05, 0) is 42.0 Å². The fourth-order valence-electron chi connectivity index (χ4n) is 2.90. The van der Waals surface area contributed by atoms with Gasteiger partial charge in [-0.15, -0.1) is 4.40 Å². The zero-order chi connectivity index (χ0) is 20.4. The lowest BCUT2D eigenvalue weighted by atomic mass is 10.1. The lowest BCUT2D eigenvalue weighted by Crippen LogP contribution is -2.30. The predicted octanol–water partition coefficient (Wildman–Crippen LogP) is 5.02. The molecular formula is C21H15BrN2O3S2. The first-order valence-corrected chi connectivity index (χ1v) is 11.8. The second kappa shape index (κ2) is 8.14. The molecule has 1 aliphatic rings. The van der Waals surface area contributed by atoms with Crippen molar-refractivity contribution in [2.75, 3.05) is 4.90 Å². The maximum atomic E-state index is 13.2. The van der Waals surface area contributed by atoms with Crippen LogP contribution in [0.25, 0.3) is 0 Å². The van der Waals surface area contributed by atoms with Crippen LogP contribution in [-0.2, 0) is 14.8 Å². The zero-order valence-electron chi connectivity index (χ0n) is 15.0. The number of anilines is 1. The summed E-state index contributed by atoms with van der Waals surface area (Å²) < 4.78 is 30.5. The Hall–Kier alpha value is -2.42. The average Bonchev–Trinajstić information content (AvgIpc) is 3.05. The van der Waals surface area contributed by atoms with Crippen molar-refractivity contribution in [2.45, 2.75) is 10.1 Å². The number of benzene rings is 3. The zero-order valence-corrected chi connectivity index (χ0v) is 18.2. The standard InChI is InChI=1S/C21H15BrN2O3S2/c22-16-11-13-18(14-12-16)29(26,27)23-21-24(17-9-5-2-6-10-17)20(25)19(28-21)15-7-3-1-4-8-15/h1-14,19H/t19-/m1/s1. The van der Waals surface area contributed by atoms with E-state index in [0.29, 0.717) is 5.69 Å². The van der Waals surface area contributed by atoms with Crippen LogP contribution in [-0.4, -0.2) is 19.5 Å². The molecule has 0 saturated carbocycles. The summed E-state index contributed by atoms with van der Waals surface area (Å²) in [6.45, 7) is 0. The van der Waals surface area contributed by atoms with Crippen LogP contribution in [0.1, 0.15) is 10.8 Å². The van der Waals surface area contributed by atoms with Gasteiger partial charge in [0.15, 0.2) is 5.17 Å². The highest BCUT2D eigenvalue weighted by atomic mass is 79.9.